The normalized spacial score (nSPS) is 19.4. The fourth-order valence-corrected chi connectivity index (χ4v) is 2.78. The molecule has 0 aromatic carbocycles. The van der Waals surface area contributed by atoms with Gasteiger partial charge in [0.25, 0.3) is 5.56 Å². The molecule has 0 bridgehead atoms. The Balaban J connectivity index is 1.66. The van der Waals surface area contributed by atoms with E-state index in [1.165, 1.54) is 25.3 Å². The standard InChI is InChI=1S/C16H25N3O2/c1-14-6-2-4-10-18(14)13-9-17-15(20)8-12-19-11-5-3-7-16(19)21/h3,5,7,11,14H,2,4,6,8-10,12-13H2,1H3,(H,17,20). The summed E-state index contributed by atoms with van der Waals surface area (Å²) in [6.45, 7) is 5.43. The first-order valence-electron chi connectivity index (χ1n) is 7.83. The summed E-state index contributed by atoms with van der Waals surface area (Å²) < 4.78 is 1.56. The minimum Gasteiger partial charge on any atom is -0.355 e. The smallest absolute Gasteiger partial charge is 0.250 e. The number of nitrogens with one attached hydrogen (secondary N) is 1. The number of rotatable bonds is 6. The molecule has 5 heteroatoms. The zero-order valence-corrected chi connectivity index (χ0v) is 12.8. The van der Waals surface area contributed by atoms with E-state index in [0.29, 0.717) is 25.6 Å². The predicted octanol–water partition coefficient (Wildman–Crippen LogP) is 1.23. The van der Waals surface area contributed by atoms with E-state index < -0.39 is 0 Å². The van der Waals surface area contributed by atoms with Crippen molar-refractivity contribution < 1.29 is 4.79 Å². The molecular formula is C16H25N3O2. The Labute approximate surface area is 126 Å². The van der Waals surface area contributed by atoms with Gasteiger partial charge in [0.1, 0.15) is 0 Å². The lowest BCUT2D eigenvalue weighted by Crippen LogP contribution is -2.42. The molecule has 0 radical (unpaired) electrons. The lowest BCUT2D eigenvalue weighted by Gasteiger charge is -2.33. The lowest BCUT2D eigenvalue weighted by atomic mass is 10.0. The van der Waals surface area contributed by atoms with Crippen LogP contribution in [0.1, 0.15) is 32.6 Å². The van der Waals surface area contributed by atoms with E-state index in [1.54, 1.807) is 22.9 Å². The van der Waals surface area contributed by atoms with E-state index in [2.05, 4.69) is 17.1 Å². The van der Waals surface area contributed by atoms with Gasteiger partial charge in [0, 0.05) is 44.4 Å². The fraction of sp³-hybridized carbons (Fsp3) is 0.625. The van der Waals surface area contributed by atoms with Crippen molar-refractivity contribution in [1.29, 1.82) is 0 Å². The van der Waals surface area contributed by atoms with E-state index >= 15 is 0 Å². The molecule has 1 aliphatic heterocycles. The molecule has 1 atom stereocenters. The quantitative estimate of drug-likeness (QED) is 0.857. The van der Waals surface area contributed by atoms with Crippen LogP contribution in [-0.4, -0.2) is 41.1 Å². The third kappa shape index (κ3) is 5.01. The van der Waals surface area contributed by atoms with Gasteiger partial charge < -0.3 is 9.88 Å². The number of aromatic nitrogens is 1. The van der Waals surface area contributed by atoms with Crippen molar-refractivity contribution in [2.75, 3.05) is 19.6 Å². The van der Waals surface area contributed by atoms with Crippen molar-refractivity contribution in [2.24, 2.45) is 0 Å². The maximum Gasteiger partial charge on any atom is 0.250 e. The number of carbonyl (C=O) groups excluding carboxylic acids is 1. The summed E-state index contributed by atoms with van der Waals surface area (Å²) in [5.74, 6) is 0.00964. The number of nitrogens with zero attached hydrogens (tertiary/aromatic N) is 2. The molecule has 0 saturated carbocycles. The van der Waals surface area contributed by atoms with Crippen LogP contribution in [0.25, 0.3) is 0 Å². The lowest BCUT2D eigenvalue weighted by molar-refractivity contribution is -0.121. The number of aryl methyl sites for hydroxylation is 1. The van der Waals surface area contributed by atoms with Gasteiger partial charge >= 0.3 is 0 Å². The van der Waals surface area contributed by atoms with Crippen molar-refractivity contribution in [3.05, 3.63) is 34.7 Å². The molecule has 1 fully saturated rings. The molecule has 1 amide bonds. The highest BCUT2D eigenvalue weighted by atomic mass is 16.1. The van der Waals surface area contributed by atoms with E-state index in [4.69, 9.17) is 0 Å². The van der Waals surface area contributed by atoms with Gasteiger partial charge in [0.15, 0.2) is 0 Å². The van der Waals surface area contributed by atoms with Crippen LogP contribution >= 0.6 is 0 Å². The number of amides is 1. The highest BCUT2D eigenvalue weighted by molar-refractivity contribution is 5.75. The van der Waals surface area contributed by atoms with Gasteiger partial charge in [-0.2, -0.15) is 0 Å². The second kappa shape index (κ2) is 7.98. The number of carbonyl (C=O) groups is 1. The molecule has 0 spiro atoms. The molecule has 1 aliphatic rings. The van der Waals surface area contributed by atoms with Gasteiger partial charge in [-0.3, -0.25) is 14.5 Å². The van der Waals surface area contributed by atoms with Gasteiger partial charge in [0.2, 0.25) is 5.91 Å². The second-order valence-corrected chi connectivity index (χ2v) is 5.71. The van der Waals surface area contributed by atoms with Crippen LogP contribution in [0.15, 0.2) is 29.2 Å². The van der Waals surface area contributed by atoms with Crippen LogP contribution in [0, 0.1) is 0 Å². The predicted molar refractivity (Wildman–Crippen MR) is 83.2 cm³/mol. The number of piperidine rings is 1. The molecular weight excluding hydrogens is 266 g/mol. The first kappa shape index (κ1) is 15.8. The topological polar surface area (TPSA) is 54.3 Å². The Hall–Kier alpha value is -1.62. The monoisotopic (exact) mass is 291 g/mol. The molecule has 21 heavy (non-hydrogen) atoms. The average molecular weight is 291 g/mol. The van der Waals surface area contributed by atoms with Crippen molar-refractivity contribution in [2.45, 2.75) is 45.2 Å². The maximum atomic E-state index is 11.8. The Bertz CT molecular complexity index is 512. The third-order valence-electron chi connectivity index (χ3n) is 4.14. The first-order valence-corrected chi connectivity index (χ1v) is 7.83. The van der Waals surface area contributed by atoms with Crippen molar-refractivity contribution in [3.63, 3.8) is 0 Å². The van der Waals surface area contributed by atoms with Gasteiger partial charge in [-0.1, -0.05) is 12.5 Å². The Morgan fingerprint density at radius 2 is 2.19 bits per heavy atom. The maximum absolute atomic E-state index is 11.8. The number of pyridine rings is 1. The largest absolute Gasteiger partial charge is 0.355 e. The minimum atomic E-state index is -0.0626. The van der Waals surface area contributed by atoms with E-state index in [9.17, 15) is 9.59 Å². The van der Waals surface area contributed by atoms with Crippen LogP contribution in [0.5, 0.6) is 0 Å². The average Bonchev–Trinajstić information content (AvgIpc) is 2.48. The van der Waals surface area contributed by atoms with E-state index in [0.717, 1.165) is 13.1 Å². The van der Waals surface area contributed by atoms with Gasteiger partial charge in [-0.05, 0) is 32.4 Å². The SMILES string of the molecule is CC1CCCCN1CCNC(=O)CCn1ccccc1=O. The van der Waals surface area contributed by atoms with Crippen LogP contribution in [0.4, 0.5) is 0 Å². The second-order valence-electron chi connectivity index (χ2n) is 5.71. The van der Waals surface area contributed by atoms with Crippen LogP contribution in [0.3, 0.4) is 0 Å². The summed E-state index contributed by atoms with van der Waals surface area (Å²) in [5, 5.41) is 2.94. The van der Waals surface area contributed by atoms with Gasteiger partial charge in [0.05, 0.1) is 0 Å². The van der Waals surface area contributed by atoms with Crippen LogP contribution in [-0.2, 0) is 11.3 Å². The minimum absolute atomic E-state index is 0.00964. The molecule has 1 unspecified atom stereocenters. The summed E-state index contributed by atoms with van der Waals surface area (Å²) in [7, 11) is 0. The summed E-state index contributed by atoms with van der Waals surface area (Å²) in [5.41, 5.74) is -0.0626. The molecule has 0 aliphatic carbocycles. The highest BCUT2D eigenvalue weighted by Crippen LogP contribution is 2.15. The summed E-state index contributed by atoms with van der Waals surface area (Å²) in [6.07, 6.45) is 5.89. The van der Waals surface area contributed by atoms with Gasteiger partial charge in [-0.25, -0.2) is 0 Å². The summed E-state index contributed by atoms with van der Waals surface area (Å²) in [6, 6.07) is 5.64. The molecule has 1 saturated heterocycles. The number of hydrogen-bond acceptors (Lipinski definition) is 3. The van der Waals surface area contributed by atoms with E-state index in [-0.39, 0.29) is 11.5 Å². The van der Waals surface area contributed by atoms with Crippen molar-refractivity contribution in [1.82, 2.24) is 14.8 Å². The van der Waals surface area contributed by atoms with Crippen LogP contribution in [0.2, 0.25) is 0 Å². The van der Waals surface area contributed by atoms with Crippen molar-refractivity contribution in [3.8, 4) is 0 Å². The van der Waals surface area contributed by atoms with E-state index in [1.807, 2.05) is 0 Å². The molecule has 116 valence electrons. The molecule has 5 nitrogen and oxygen atoms in total. The Kier molecular flexibility index (Phi) is 5.99. The fourth-order valence-electron chi connectivity index (χ4n) is 2.78. The van der Waals surface area contributed by atoms with Gasteiger partial charge in [-0.15, -0.1) is 0 Å². The molecule has 1 aromatic rings. The molecule has 2 rings (SSSR count). The summed E-state index contributed by atoms with van der Waals surface area (Å²) >= 11 is 0. The first-order chi connectivity index (χ1) is 10.2. The summed E-state index contributed by atoms with van der Waals surface area (Å²) in [4.78, 5) is 25.8. The molecule has 1 aromatic heterocycles. The highest BCUT2D eigenvalue weighted by Gasteiger charge is 2.17. The molecule has 2 heterocycles. The number of hydrogen-bond donors (Lipinski definition) is 1. The Morgan fingerprint density at radius 1 is 1.33 bits per heavy atom. The molecule has 1 N–H and O–H groups in total. The number of likely N-dealkylation sites (tertiary alicyclic amines) is 1. The zero-order valence-electron chi connectivity index (χ0n) is 12.8. The zero-order chi connectivity index (χ0) is 15.1. The van der Waals surface area contributed by atoms with Crippen LogP contribution < -0.4 is 10.9 Å². The third-order valence-corrected chi connectivity index (χ3v) is 4.14. The van der Waals surface area contributed by atoms with Crippen molar-refractivity contribution >= 4 is 5.91 Å². The Morgan fingerprint density at radius 3 is 2.95 bits per heavy atom.